The first-order valence-corrected chi connectivity index (χ1v) is 8.63. The molecule has 0 saturated carbocycles. The van der Waals surface area contributed by atoms with Gasteiger partial charge in [-0.05, 0) is 37.1 Å². The molecule has 0 unspecified atom stereocenters. The van der Waals surface area contributed by atoms with Crippen LogP contribution in [0.3, 0.4) is 0 Å². The smallest absolute Gasteiger partial charge is 0.340 e. The number of carbonyl (C=O) groups is 2. The molecule has 2 N–H and O–H groups in total. The zero-order chi connectivity index (χ0) is 18.2. The lowest BCUT2D eigenvalue weighted by Gasteiger charge is -2.12. The molecule has 1 amide bonds. The van der Waals surface area contributed by atoms with Crippen molar-refractivity contribution in [2.24, 2.45) is 0 Å². The molecule has 2 heterocycles. The second kappa shape index (κ2) is 9.05. The summed E-state index contributed by atoms with van der Waals surface area (Å²) in [6, 6.07) is 10.6. The summed E-state index contributed by atoms with van der Waals surface area (Å²) in [5.74, 6) is -0.142. The zero-order valence-electron chi connectivity index (χ0n) is 14.4. The minimum Gasteiger partial charge on any atom is -0.467 e. The van der Waals surface area contributed by atoms with Gasteiger partial charge in [0.1, 0.15) is 5.76 Å². The number of carbonyl (C=O) groups excluding carboxylic acids is 2. The monoisotopic (exact) mass is 358 g/mol. The minimum absolute atomic E-state index is 0.0566. The van der Waals surface area contributed by atoms with Gasteiger partial charge in [-0.25, -0.2) is 4.79 Å². The number of para-hydroxylation sites is 1. The Morgan fingerprint density at radius 1 is 1.19 bits per heavy atom. The Labute approximate surface area is 151 Å². The van der Waals surface area contributed by atoms with E-state index in [1.54, 1.807) is 30.5 Å². The maximum absolute atomic E-state index is 12.3. The normalized spacial score (nSPS) is 16.2. The molecule has 26 heavy (non-hydrogen) atoms. The Morgan fingerprint density at radius 2 is 2.08 bits per heavy atom. The molecule has 7 nitrogen and oxygen atoms in total. The lowest BCUT2D eigenvalue weighted by molar-refractivity contribution is -0.124. The van der Waals surface area contributed by atoms with Crippen LogP contribution < -0.4 is 10.6 Å². The number of ether oxygens (including phenoxy) is 2. The Hall–Kier alpha value is -2.80. The van der Waals surface area contributed by atoms with Gasteiger partial charge < -0.3 is 24.5 Å². The number of nitrogens with one attached hydrogen (secondary N) is 2. The van der Waals surface area contributed by atoms with E-state index in [0.29, 0.717) is 24.3 Å². The van der Waals surface area contributed by atoms with E-state index in [0.717, 1.165) is 25.2 Å². The molecule has 138 valence electrons. The number of hydrogen-bond donors (Lipinski definition) is 2. The maximum atomic E-state index is 12.3. The highest BCUT2D eigenvalue weighted by molar-refractivity contribution is 5.96. The molecular formula is C19H22N2O5. The number of hydrogen-bond acceptors (Lipinski definition) is 6. The average Bonchev–Trinajstić information content (AvgIpc) is 3.36. The SMILES string of the molecule is O=C(COC(=O)c1ccccc1NCc1ccco1)NC[C@@H]1CCCO1. The van der Waals surface area contributed by atoms with Gasteiger partial charge in [-0.2, -0.15) is 0 Å². The van der Waals surface area contributed by atoms with Crippen LogP contribution in [0.5, 0.6) is 0 Å². The summed E-state index contributed by atoms with van der Waals surface area (Å²) in [5.41, 5.74) is 0.986. The average molecular weight is 358 g/mol. The lowest BCUT2D eigenvalue weighted by Crippen LogP contribution is -2.34. The van der Waals surface area contributed by atoms with Crippen LogP contribution in [0, 0.1) is 0 Å². The fraction of sp³-hybridized carbons (Fsp3) is 0.368. The Bertz CT molecular complexity index is 723. The van der Waals surface area contributed by atoms with Crippen molar-refractivity contribution >= 4 is 17.6 Å². The van der Waals surface area contributed by atoms with Crippen molar-refractivity contribution in [3.8, 4) is 0 Å². The molecule has 1 atom stereocenters. The molecule has 3 rings (SSSR count). The summed E-state index contributed by atoms with van der Waals surface area (Å²) in [6.45, 7) is 1.30. The van der Waals surface area contributed by atoms with E-state index >= 15 is 0 Å². The number of benzene rings is 1. The Morgan fingerprint density at radius 3 is 2.85 bits per heavy atom. The van der Waals surface area contributed by atoms with E-state index in [-0.39, 0.29) is 18.6 Å². The van der Waals surface area contributed by atoms with Gasteiger partial charge in [0.25, 0.3) is 5.91 Å². The largest absolute Gasteiger partial charge is 0.467 e. The van der Waals surface area contributed by atoms with Crippen molar-refractivity contribution in [3.05, 3.63) is 54.0 Å². The molecule has 2 aromatic rings. The van der Waals surface area contributed by atoms with Crippen molar-refractivity contribution < 1.29 is 23.5 Å². The van der Waals surface area contributed by atoms with Crippen LogP contribution in [0.1, 0.15) is 29.0 Å². The number of esters is 1. The molecule has 0 bridgehead atoms. The van der Waals surface area contributed by atoms with Crippen molar-refractivity contribution in [2.45, 2.75) is 25.5 Å². The molecule has 0 radical (unpaired) electrons. The minimum atomic E-state index is -0.556. The summed E-state index contributed by atoms with van der Waals surface area (Å²) in [6.07, 6.45) is 3.60. The van der Waals surface area contributed by atoms with Crippen LogP contribution in [-0.2, 0) is 20.8 Å². The van der Waals surface area contributed by atoms with E-state index in [4.69, 9.17) is 13.9 Å². The van der Waals surface area contributed by atoms with Gasteiger partial charge in [0.2, 0.25) is 0 Å². The molecule has 7 heteroatoms. The molecule has 1 saturated heterocycles. The van der Waals surface area contributed by atoms with Crippen molar-refractivity contribution in [3.63, 3.8) is 0 Å². The summed E-state index contributed by atoms with van der Waals surface area (Å²) in [7, 11) is 0. The van der Waals surface area contributed by atoms with Gasteiger partial charge in [-0.15, -0.1) is 0 Å². The molecule has 1 aromatic carbocycles. The molecule has 1 aromatic heterocycles. The fourth-order valence-corrected chi connectivity index (χ4v) is 2.70. The second-order valence-electron chi connectivity index (χ2n) is 5.99. The van der Waals surface area contributed by atoms with Crippen LogP contribution in [0.25, 0.3) is 0 Å². The molecule has 0 aliphatic carbocycles. The van der Waals surface area contributed by atoms with Gasteiger partial charge >= 0.3 is 5.97 Å². The number of rotatable bonds is 8. The van der Waals surface area contributed by atoms with Crippen molar-refractivity contribution in [2.75, 3.05) is 25.1 Å². The van der Waals surface area contributed by atoms with Crippen molar-refractivity contribution in [1.29, 1.82) is 0 Å². The lowest BCUT2D eigenvalue weighted by atomic mass is 10.2. The van der Waals surface area contributed by atoms with Crippen LogP contribution in [0.15, 0.2) is 47.1 Å². The third-order valence-electron chi connectivity index (χ3n) is 4.07. The predicted octanol–water partition coefficient (Wildman–Crippen LogP) is 2.34. The zero-order valence-corrected chi connectivity index (χ0v) is 14.4. The summed E-state index contributed by atoms with van der Waals surface area (Å²) >= 11 is 0. The second-order valence-corrected chi connectivity index (χ2v) is 5.99. The standard InChI is InChI=1S/C19H22N2O5/c22-18(21-12-15-6-4-10-25-15)13-26-19(23)16-7-1-2-8-17(16)20-11-14-5-3-9-24-14/h1-3,5,7-9,15,20H,4,6,10-13H2,(H,21,22)/t15-/m0/s1. The van der Waals surface area contributed by atoms with Crippen LogP contribution in [-0.4, -0.2) is 37.7 Å². The van der Waals surface area contributed by atoms with Crippen molar-refractivity contribution in [1.82, 2.24) is 5.32 Å². The van der Waals surface area contributed by atoms with Gasteiger partial charge in [-0.1, -0.05) is 12.1 Å². The molecule has 0 spiro atoms. The molecule has 1 aliphatic heterocycles. The topological polar surface area (TPSA) is 89.8 Å². The van der Waals surface area contributed by atoms with Crippen LogP contribution >= 0.6 is 0 Å². The first-order chi connectivity index (χ1) is 12.7. The Kier molecular flexibility index (Phi) is 6.27. The predicted molar refractivity (Wildman–Crippen MR) is 94.7 cm³/mol. The summed E-state index contributed by atoms with van der Waals surface area (Å²) < 4.78 is 15.8. The van der Waals surface area contributed by atoms with Gasteiger partial charge in [0.15, 0.2) is 6.61 Å². The highest BCUT2D eigenvalue weighted by Crippen LogP contribution is 2.17. The summed E-state index contributed by atoms with van der Waals surface area (Å²) in [4.78, 5) is 24.1. The third kappa shape index (κ3) is 5.10. The number of amides is 1. The number of furan rings is 1. The quantitative estimate of drug-likeness (QED) is 0.704. The van der Waals surface area contributed by atoms with E-state index in [1.165, 1.54) is 0 Å². The third-order valence-corrected chi connectivity index (χ3v) is 4.07. The van der Waals surface area contributed by atoms with Crippen LogP contribution in [0.4, 0.5) is 5.69 Å². The fourth-order valence-electron chi connectivity index (χ4n) is 2.70. The van der Waals surface area contributed by atoms with Gasteiger partial charge in [0.05, 0.1) is 24.5 Å². The van der Waals surface area contributed by atoms with Gasteiger partial charge in [0, 0.05) is 18.8 Å². The summed E-state index contributed by atoms with van der Waals surface area (Å²) in [5, 5.41) is 5.86. The van der Waals surface area contributed by atoms with Crippen LogP contribution in [0.2, 0.25) is 0 Å². The highest BCUT2D eigenvalue weighted by Gasteiger charge is 2.18. The molecule has 1 fully saturated rings. The van der Waals surface area contributed by atoms with E-state index in [1.807, 2.05) is 12.1 Å². The molecule has 1 aliphatic rings. The highest BCUT2D eigenvalue weighted by atomic mass is 16.5. The first-order valence-electron chi connectivity index (χ1n) is 8.63. The first kappa shape index (κ1) is 18.0. The van der Waals surface area contributed by atoms with E-state index < -0.39 is 5.97 Å². The van der Waals surface area contributed by atoms with E-state index in [9.17, 15) is 9.59 Å². The Balaban J connectivity index is 1.48. The maximum Gasteiger partial charge on any atom is 0.340 e. The number of anilines is 1. The van der Waals surface area contributed by atoms with E-state index in [2.05, 4.69) is 10.6 Å². The molecular weight excluding hydrogens is 336 g/mol. The van der Waals surface area contributed by atoms with Gasteiger partial charge in [-0.3, -0.25) is 4.79 Å².